The monoisotopic (exact) mass is 277 g/mol. The third kappa shape index (κ3) is 4.22. The van der Waals surface area contributed by atoms with Crippen molar-refractivity contribution in [2.24, 2.45) is 0 Å². The number of benzene rings is 1. The van der Waals surface area contributed by atoms with Gasteiger partial charge in [-0.15, -0.1) is 0 Å². The Morgan fingerprint density at radius 1 is 1.30 bits per heavy atom. The second kappa shape index (κ2) is 8.28. The third-order valence-corrected chi connectivity index (χ3v) is 3.83. The molecule has 2 rings (SSSR count). The van der Waals surface area contributed by atoms with Gasteiger partial charge >= 0.3 is 0 Å². The first-order chi connectivity index (χ1) is 9.85. The second-order valence-corrected chi connectivity index (χ2v) is 5.45. The van der Waals surface area contributed by atoms with Crippen LogP contribution in [0.5, 0.6) is 5.75 Å². The summed E-state index contributed by atoms with van der Waals surface area (Å²) in [7, 11) is 1.72. The van der Waals surface area contributed by atoms with E-state index in [9.17, 15) is 0 Å². The molecule has 0 spiro atoms. The standard InChI is InChI=1S/C17H27NO2/c1-3-10-18-17-7-4-6-14-13-15(8-9-16(14)17)20-12-5-11-19-2/h8-9,13,17-18H,3-7,10-12H2,1-2H3. The smallest absolute Gasteiger partial charge is 0.119 e. The fourth-order valence-electron chi connectivity index (χ4n) is 2.80. The van der Waals surface area contributed by atoms with Crippen molar-refractivity contribution in [1.29, 1.82) is 0 Å². The van der Waals surface area contributed by atoms with Gasteiger partial charge in [0.05, 0.1) is 6.61 Å². The lowest BCUT2D eigenvalue weighted by Crippen LogP contribution is -2.25. The molecule has 1 aromatic rings. The van der Waals surface area contributed by atoms with E-state index in [1.54, 1.807) is 7.11 Å². The van der Waals surface area contributed by atoms with E-state index in [4.69, 9.17) is 9.47 Å². The number of methoxy groups -OCH3 is 1. The van der Waals surface area contributed by atoms with E-state index < -0.39 is 0 Å². The topological polar surface area (TPSA) is 30.5 Å². The van der Waals surface area contributed by atoms with Gasteiger partial charge in [0.15, 0.2) is 0 Å². The van der Waals surface area contributed by atoms with Crippen LogP contribution in [0, 0.1) is 0 Å². The van der Waals surface area contributed by atoms with Crippen LogP contribution in [0.1, 0.15) is 49.8 Å². The summed E-state index contributed by atoms with van der Waals surface area (Å²) in [6.07, 6.45) is 5.82. The van der Waals surface area contributed by atoms with Crippen molar-refractivity contribution in [3.05, 3.63) is 29.3 Å². The van der Waals surface area contributed by atoms with Crippen LogP contribution in [-0.4, -0.2) is 26.9 Å². The highest BCUT2D eigenvalue weighted by atomic mass is 16.5. The molecule has 0 amide bonds. The van der Waals surface area contributed by atoms with Crippen LogP contribution in [0.4, 0.5) is 0 Å². The molecule has 3 nitrogen and oxygen atoms in total. The maximum atomic E-state index is 5.79. The first-order valence-electron chi connectivity index (χ1n) is 7.83. The summed E-state index contributed by atoms with van der Waals surface area (Å²) in [5, 5.41) is 3.65. The van der Waals surface area contributed by atoms with Crippen LogP contribution < -0.4 is 10.1 Å². The van der Waals surface area contributed by atoms with E-state index in [0.717, 1.165) is 31.9 Å². The maximum absolute atomic E-state index is 5.79. The number of aryl methyl sites for hydroxylation is 1. The van der Waals surface area contributed by atoms with E-state index in [-0.39, 0.29) is 0 Å². The van der Waals surface area contributed by atoms with Crippen molar-refractivity contribution in [3.63, 3.8) is 0 Å². The molecule has 1 atom stereocenters. The number of hydrogen-bond donors (Lipinski definition) is 1. The SMILES string of the molecule is CCCNC1CCCc2cc(OCCCOC)ccc21. The summed E-state index contributed by atoms with van der Waals surface area (Å²) in [5.41, 5.74) is 2.92. The zero-order valence-electron chi connectivity index (χ0n) is 12.8. The van der Waals surface area contributed by atoms with E-state index in [1.807, 2.05) is 0 Å². The lowest BCUT2D eigenvalue weighted by atomic mass is 9.87. The molecule has 0 saturated heterocycles. The van der Waals surface area contributed by atoms with Crippen LogP contribution in [-0.2, 0) is 11.2 Å². The molecule has 0 fully saturated rings. The molecule has 1 aliphatic carbocycles. The molecule has 20 heavy (non-hydrogen) atoms. The average molecular weight is 277 g/mol. The molecule has 1 aromatic carbocycles. The Bertz CT molecular complexity index is 406. The molecule has 0 aromatic heterocycles. The van der Waals surface area contributed by atoms with E-state index in [1.165, 1.54) is 36.8 Å². The minimum Gasteiger partial charge on any atom is -0.493 e. The Hall–Kier alpha value is -1.06. The lowest BCUT2D eigenvalue weighted by molar-refractivity contribution is 0.172. The van der Waals surface area contributed by atoms with Crippen LogP contribution in [0.3, 0.4) is 0 Å². The number of rotatable bonds is 8. The fourth-order valence-corrected chi connectivity index (χ4v) is 2.80. The largest absolute Gasteiger partial charge is 0.493 e. The quantitative estimate of drug-likeness (QED) is 0.738. The third-order valence-electron chi connectivity index (χ3n) is 3.83. The minimum atomic E-state index is 0.529. The van der Waals surface area contributed by atoms with Crippen molar-refractivity contribution in [2.75, 3.05) is 26.9 Å². The first-order valence-corrected chi connectivity index (χ1v) is 7.83. The van der Waals surface area contributed by atoms with E-state index in [2.05, 4.69) is 30.4 Å². The Morgan fingerprint density at radius 2 is 2.20 bits per heavy atom. The molecule has 0 aliphatic heterocycles. The van der Waals surface area contributed by atoms with Crippen LogP contribution >= 0.6 is 0 Å². The Kier molecular flexibility index (Phi) is 6.34. The Balaban J connectivity index is 1.96. The van der Waals surface area contributed by atoms with Crippen LogP contribution in [0.2, 0.25) is 0 Å². The van der Waals surface area contributed by atoms with Gasteiger partial charge in [0.1, 0.15) is 5.75 Å². The lowest BCUT2D eigenvalue weighted by Gasteiger charge is -2.27. The molecule has 1 N–H and O–H groups in total. The van der Waals surface area contributed by atoms with Crippen molar-refractivity contribution >= 4 is 0 Å². The number of ether oxygens (including phenoxy) is 2. The molecule has 0 saturated carbocycles. The van der Waals surface area contributed by atoms with Crippen LogP contribution in [0.25, 0.3) is 0 Å². The number of fused-ring (bicyclic) bond motifs is 1. The zero-order chi connectivity index (χ0) is 14.2. The van der Waals surface area contributed by atoms with Crippen LogP contribution in [0.15, 0.2) is 18.2 Å². The van der Waals surface area contributed by atoms with Gasteiger partial charge in [0.25, 0.3) is 0 Å². The average Bonchev–Trinajstić information content (AvgIpc) is 2.49. The van der Waals surface area contributed by atoms with Gasteiger partial charge in [0, 0.05) is 26.2 Å². The highest BCUT2D eigenvalue weighted by Crippen LogP contribution is 2.32. The van der Waals surface area contributed by atoms with Crippen molar-refractivity contribution in [2.45, 2.75) is 45.1 Å². The molecule has 0 radical (unpaired) electrons. The van der Waals surface area contributed by atoms with Gasteiger partial charge in [-0.25, -0.2) is 0 Å². The molecular formula is C17H27NO2. The van der Waals surface area contributed by atoms with Gasteiger partial charge in [-0.05, 0) is 55.5 Å². The summed E-state index contributed by atoms with van der Waals surface area (Å²) in [4.78, 5) is 0. The predicted molar refractivity (Wildman–Crippen MR) is 82.4 cm³/mol. The normalized spacial score (nSPS) is 17.8. The number of nitrogens with one attached hydrogen (secondary N) is 1. The summed E-state index contributed by atoms with van der Waals surface area (Å²) in [5.74, 6) is 0.996. The maximum Gasteiger partial charge on any atom is 0.119 e. The Morgan fingerprint density at radius 3 is 3.00 bits per heavy atom. The fraction of sp³-hybridized carbons (Fsp3) is 0.647. The molecule has 3 heteroatoms. The van der Waals surface area contributed by atoms with E-state index in [0.29, 0.717) is 6.04 Å². The van der Waals surface area contributed by atoms with Crippen molar-refractivity contribution in [3.8, 4) is 5.75 Å². The highest BCUT2D eigenvalue weighted by molar-refractivity contribution is 5.39. The highest BCUT2D eigenvalue weighted by Gasteiger charge is 2.19. The molecular weight excluding hydrogens is 250 g/mol. The summed E-state index contributed by atoms with van der Waals surface area (Å²) >= 11 is 0. The van der Waals surface area contributed by atoms with Gasteiger partial charge in [-0.1, -0.05) is 13.0 Å². The van der Waals surface area contributed by atoms with Gasteiger partial charge < -0.3 is 14.8 Å². The van der Waals surface area contributed by atoms with Gasteiger partial charge in [0.2, 0.25) is 0 Å². The van der Waals surface area contributed by atoms with Gasteiger partial charge in [-0.3, -0.25) is 0 Å². The molecule has 112 valence electrons. The zero-order valence-corrected chi connectivity index (χ0v) is 12.8. The first kappa shape index (κ1) is 15.3. The minimum absolute atomic E-state index is 0.529. The molecule has 0 bridgehead atoms. The van der Waals surface area contributed by atoms with Crippen molar-refractivity contribution < 1.29 is 9.47 Å². The molecule has 1 aliphatic rings. The second-order valence-electron chi connectivity index (χ2n) is 5.45. The number of hydrogen-bond acceptors (Lipinski definition) is 3. The molecule has 1 unspecified atom stereocenters. The summed E-state index contributed by atoms with van der Waals surface area (Å²) < 4.78 is 10.8. The predicted octanol–water partition coefficient (Wildman–Crippen LogP) is 3.48. The summed E-state index contributed by atoms with van der Waals surface area (Å²) in [6.45, 7) is 4.80. The summed E-state index contributed by atoms with van der Waals surface area (Å²) in [6, 6.07) is 7.11. The Labute approximate surface area is 122 Å². The van der Waals surface area contributed by atoms with E-state index >= 15 is 0 Å². The van der Waals surface area contributed by atoms with Crippen molar-refractivity contribution in [1.82, 2.24) is 5.32 Å². The van der Waals surface area contributed by atoms with Gasteiger partial charge in [-0.2, -0.15) is 0 Å². The molecule has 0 heterocycles.